The number of fused-ring (bicyclic) bond motifs is 1. The molecule has 10 heteroatoms. The lowest BCUT2D eigenvalue weighted by atomic mass is 9.85. The van der Waals surface area contributed by atoms with Crippen LogP contribution in [0.4, 0.5) is 5.69 Å². The van der Waals surface area contributed by atoms with Crippen LogP contribution in [0.5, 0.6) is 11.5 Å². The Kier molecular flexibility index (Phi) is 8.45. The molecule has 8 nitrogen and oxygen atoms in total. The van der Waals surface area contributed by atoms with Crippen LogP contribution in [0.15, 0.2) is 53.6 Å². The summed E-state index contributed by atoms with van der Waals surface area (Å²) in [6.07, 6.45) is 2.04. The van der Waals surface area contributed by atoms with Crippen LogP contribution in [0.25, 0.3) is 0 Å². The van der Waals surface area contributed by atoms with Gasteiger partial charge in [-0.05, 0) is 50.3 Å². The zero-order valence-electron chi connectivity index (χ0n) is 21.0. The summed E-state index contributed by atoms with van der Waals surface area (Å²) in [5.74, 6) is -2.66. The second-order valence-electron chi connectivity index (χ2n) is 9.50. The average molecular weight is 559 g/mol. The van der Waals surface area contributed by atoms with Crippen molar-refractivity contribution in [2.75, 3.05) is 37.6 Å². The fraction of sp³-hybridized carbons (Fsp3) is 0.321. The number of anilines is 1. The Morgan fingerprint density at radius 2 is 1.66 bits per heavy atom. The minimum Gasteiger partial charge on any atom is -0.507 e. The Bertz CT molecular complexity index is 1340. The van der Waals surface area contributed by atoms with Gasteiger partial charge < -0.3 is 19.8 Å². The summed E-state index contributed by atoms with van der Waals surface area (Å²) in [5.41, 5.74) is 1.31. The van der Waals surface area contributed by atoms with Crippen LogP contribution >= 0.6 is 23.2 Å². The lowest BCUT2D eigenvalue weighted by Gasteiger charge is -2.36. The first-order chi connectivity index (χ1) is 18.0. The molecule has 1 aliphatic carbocycles. The molecular weight excluding hydrogens is 531 g/mol. The van der Waals surface area contributed by atoms with Crippen molar-refractivity contribution in [1.29, 1.82) is 0 Å². The van der Waals surface area contributed by atoms with Crippen molar-refractivity contribution in [2.45, 2.75) is 26.4 Å². The van der Waals surface area contributed by atoms with Crippen LogP contribution in [0, 0.1) is 0 Å². The Labute approximate surface area is 230 Å². The largest absolute Gasteiger partial charge is 0.507 e. The molecule has 1 atom stereocenters. The number of ketones is 2. The maximum Gasteiger partial charge on any atom is 0.320 e. The number of aromatic hydroxyl groups is 2. The highest BCUT2D eigenvalue weighted by Crippen LogP contribution is 2.36. The van der Waals surface area contributed by atoms with E-state index in [2.05, 4.69) is 4.90 Å². The second-order valence-corrected chi connectivity index (χ2v) is 10.3. The average Bonchev–Trinajstić information content (AvgIpc) is 2.87. The van der Waals surface area contributed by atoms with Crippen molar-refractivity contribution in [1.82, 2.24) is 4.90 Å². The van der Waals surface area contributed by atoms with E-state index in [1.807, 2.05) is 37.0 Å². The molecule has 38 heavy (non-hydrogen) atoms. The third kappa shape index (κ3) is 6.04. The quantitative estimate of drug-likeness (QED) is 0.283. The van der Waals surface area contributed by atoms with E-state index in [9.17, 15) is 24.6 Å². The van der Waals surface area contributed by atoms with E-state index in [0.717, 1.165) is 29.5 Å². The van der Waals surface area contributed by atoms with Gasteiger partial charge in [-0.3, -0.25) is 19.3 Å². The number of allylic oxidation sites excluding steroid dienone is 2. The number of phenols is 2. The zero-order valence-corrected chi connectivity index (χ0v) is 22.6. The maximum absolute atomic E-state index is 13.3. The van der Waals surface area contributed by atoms with Crippen molar-refractivity contribution in [3.8, 4) is 11.5 Å². The van der Waals surface area contributed by atoms with Gasteiger partial charge in [0.2, 0.25) is 0 Å². The molecule has 1 saturated heterocycles. The number of halogens is 2. The van der Waals surface area contributed by atoms with Crippen LogP contribution in [-0.4, -0.2) is 71.5 Å². The number of ether oxygens (including phenoxy) is 1. The number of benzene rings is 2. The molecule has 0 saturated carbocycles. The summed E-state index contributed by atoms with van der Waals surface area (Å²) < 4.78 is 5.73. The minimum absolute atomic E-state index is 0.0125. The van der Waals surface area contributed by atoms with Crippen molar-refractivity contribution in [3.63, 3.8) is 0 Å². The van der Waals surface area contributed by atoms with E-state index < -0.39 is 35.1 Å². The number of rotatable bonds is 7. The Balaban J connectivity index is 1.45. The van der Waals surface area contributed by atoms with Gasteiger partial charge in [-0.2, -0.15) is 0 Å². The van der Waals surface area contributed by atoms with E-state index in [1.54, 1.807) is 6.07 Å². The number of hydrogen-bond donors (Lipinski definition) is 2. The first kappa shape index (κ1) is 27.7. The number of nitrogens with zero attached hydrogens (tertiary/aromatic N) is 2. The van der Waals surface area contributed by atoms with Gasteiger partial charge in [-0.15, -0.1) is 0 Å². The molecule has 4 rings (SSSR count). The molecule has 2 N–H and O–H groups in total. The smallest absolute Gasteiger partial charge is 0.320 e. The monoisotopic (exact) mass is 558 g/mol. The lowest BCUT2D eigenvalue weighted by Crippen LogP contribution is -2.48. The molecule has 0 spiro atoms. The predicted octanol–water partition coefficient (Wildman–Crippen LogP) is 4.80. The zero-order chi connectivity index (χ0) is 27.6. The molecule has 0 radical (unpaired) electrons. The normalized spacial score (nSPS) is 16.5. The Hall–Kier alpha value is -3.33. The lowest BCUT2D eigenvalue weighted by molar-refractivity contribution is -0.148. The summed E-state index contributed by atoms with van der Waals surface area (Å²) in [6.45, 7) is 6.30. The molecule has 1 aliphatic heterocycles. The van der Waals surface area contributed by atoms with E-state index in [4.69, 9.17) is 27.9 Å². The van der Waals surface area contributed by atoms with Crippen LogP contribution in [0.1, 0.15) is 41.0 Å². The van der Waals surface area contributed by atoms with Gasteiger partial charge in [-0.1, -0.05) is 34.9 Å². The van der Waals surface area contributed by atoms with Gasteiger partial charge in [0.15, 0.2) is 11.6 Å². The Morgan fingerprint density at radius 3 is 2.29 bits per heavy atom. The number of hydrogen-bond acceptors (Lipinski definition) is 8. The van der Waals surface area contributed by atoms with Crippen molar-refractivity contribution < 1.29 is 29.3 Å². The number of carbonyl (C=O) groups is 3. The van der Waals surface area contributed by atoms with E-state index in [1.165, 1.54) is 0 Å². The highest BCUT2D eigenvalue weighted by molar-refractivity contribution is 6.42. The first-order valence-electron chi connectivity index (χ1n) is 12.2. The summed E-state index contributed by atoms with van der Waals surface area (Å²) in [7, 11) is 0. The van der Waals surface area contributed by atoms with Gasteiger partial charge in [-0.25, -0.2) is 0 Å². The van der Waals surface area contributed by atoms with Gasteiger partial charge in [0.1, 0.15) is 17.6 Å². The summed E-state index contributed by atoms with van der Waals surface area (Å²) >= 11 is 12.2. The van der Waals surface area contributed by atoms with Gasteiger partial charge in [0.25, 0.3) is 0 Å². The van der Waals surface area contributed by atoms with Crippen LogP contribution < -0.4 is 4.90 Å². The molecule has 2 aliphatic rings. The van der Waals surface area contributed by atoms with E-state index >= 15 is 0 Å². The second kappa shape index (κ2) is 11.6. The molecule has 0 amide bonds. The molecular formula is C28H28Cl2N2O6. The fourth-order valence-corrected chi connectivity index (χ4v) is 4.82. The molecule has 2 aromatic rings. The first-order valence-corrected chi connectivity index (χ1v) is 12.9. The number of phenolic OH excluding ortho intramolecular Hbond substituents is 2. The third-order valence-electron chi connectivity index (χ3n) is 6.54. The molecule has 200 valence electrons. The third-order valence-corrected chi connectivity index (χ3v) is 7.28. The SMILES string of the molecule is CC(C)=CCC(OC(=O)CN1CCN(c2ccc(Cl)c(Cl)c2)CC1)C1=CC(=O)c2c(O)ccc(O)c2C1=O. The standard InChI is InChI=1S/C28H28Cl2N2O6/c1-16(2)3-8-24(18-14-23(35)26-21(33)6-7-22(34)27(26)28(18)37)38-25(36)15-31-9-11-32(12-10-31)17-4-5-19(29)20(30)13-17/h3-7,13-14,24,33-34H,8-12,15H2,1-2H3. The molecule has 0 aromatic heterocycles. The number of esters is 1. The van der Waals surface area contributed by atoms with Crippen molar-refractivity contribution >= 4 is 46.4 Å². The molecule has 0 bridgehead atoms. The number of Topliss-reactive ketones (excluding diaryl/α,β-unsaturated/α-hetero) is 1. The topological polar surface area (TPSA) is 107 Å². The van der Waals surface area contributed by atoms with Crippen LogP contribution in [0.3, 0.4) is 0 Å². The highest BCUT2D eigenvalue weighted by Gasteiger charge is 2.36. The van der Waals surface area contributed by atoms with Gasteiger partial charge in [0, 0.05) is 43.9 Å². The molecule has 1 heterocycles. The molecule has 1 fully saturated rings. The minimum atomic E-state index is -1.03. The number of piperazine rings is 1. The fourth-order valence-electron chi connectivity index (χ4n) is 4.53. The number of carbonyl (C=O) groups excluding carboxylic acids is 3. The van der Waals surface area contributed by atoms with Crippen molar-refractivity contribution in [3.05, 3.63) is 74.8 Å². The predicted molar refractivity (Wildman–Crippen MR) is 146 cm³/mol. The van der Waals surface area contributed by atoms with Crippen molar-refractivity contribution in [2.24, 2.45) is 0 Å². The summed E-state index contributed by atoms with van der Waals surface area (Å²) in [6, 6.07) is 7.77. The molecule has 2 aromatic carbocycles. The van der Waals surface area contributed by atoms with Crippen LogP contribution in [-0.2, 0) is 9.53 Å². The maximum atomic E-state index is 13.3. The Morgan fingerprint density at radius 1 is 1.00 bits per heavy atom. The highest BCUT2D eigenvalue weighted by atomic mass is 35.5. The van der Waals surface area contributed by atoms with E-state index in [-0.39, 0.29) is 29.7 Å². The van der Waals surface area contributed by atoms with Gasteiger partial charge >= 0.3 is 5.97 Å². The summed E-state index contributed by atoms with van der Waals surface area (Å²) in [4.78, 5) is 43.1. The summed E-state index contributed by atoms with van der Waals surface area (Å²) in [5, 5.41) is 21.3. The van der Waals surface area contributed by atoms with E-state index in [0.29, 0.717) is 36.2 Å². The van der Waals surface area contributed by atoms with Crippen LogP contribution in [0.2, 0.25) is 10.0 Å². The van der Waals surface area contributed by atoms with Gasteiger partial charge in [0.05, 0.1) is 27.7 Å². The molecule has 1 unspecified atom stereocenters.